The highest BCUT2D eigenvalue weighted by molar-refractivity contribution is 5.85. The lowest BCUT2D eigenvalue weighted by Crippen LogP contribution is -2.45. The summed E-state index contributed by atoms with van der Waals surface area (Å²) < 4.78 is 13.9. The lowest BCUT2D eigenvalue weighted by atomic mass is 9.96. The first-order chi connectivity index (χ1) is 8.68. The Bertz CT molecular complexity index is 384. The number of aromatic nitrogens is 1. The number of piperazine rings is 1. The highest BCUT2D eigenvalue weighted by atomic mass is 35.5. The van der Waals surface area contributed by atoms with Gasteiger partial charge in [0.15, 0.2) is 0 Å². The molecule has 2 rings (SSSR count). The predicted molar refractivity (Wildman–Crippen MR) is 85.3 cm³/mol. The number of rotatable bonds is 4. The summed E-state index contributed by atoms with van der Waals surface area (Å²) in [7, 11) is 0. The summed E-state index contributed by atoms with van der Waals surface area (Å²) in [5.74, 6) is 0.228. The van der Waals surface area contributed by atoms with Gasteiger partial charge in [-0.15, -0.1) is 24.8 Å². The zero-order valence-corrected chi connectivity index (χ0v) is 13.6. The van der Waals surface area contributed by atoms with Crippen LogP contribution in [0.2, 0.25) is 0 Å². The van der Waals surface area contributed by atoms with Crippen LogP contribution in [0, 0.1) is 11.9 Å². The van der Waals surface area contributed by atoms with Crippen molar-refractivity contribution in [1.29, 1.82) is 0 Å². The van der Waals surface area contributed by atoms with Gasteiger partial charge < -0.3 is 5.32 Å². The van der Waals surface area contributed by atoms with Crippen LogP contribution in [0.1, 0.15) is 31.9 Å². The van der Waals surface area contributed by atoms with Gasteiger partial charge in [-0.05, 0) is 18.4 Å². The van der Waals surface area contributed by atoms with Crippen molar-refractivity contribution in [2.24, 2.45) is 5.92 Å². The summed E-state index contributed by atoms with van der Waals surface area (Å²) in [4.78, 5) is 6.16. The number of pyridine rings is 1. The summed E-state index contributed by atoms with van der Waals surface area (Å²) in [5.41, 5.74) is 0.744. The van der Waals surface area contributed by atoms with Gasteiger partial charge in [-0.25, -0.2) is 4.98 Å². The third-order valence-corrected chi connectivity index (χ3v) is 3.43. The Hall–Kier alpha value is -0.420. The van der Waals surface area contributed by atoms with Crippen molar-refractivity contribution < 1.29 is 4.39 Å². The van der Waals surface area contributed by atoms with E-state index in [4.69, 9.17) is 0 Å². The van der Waals surface area contributed by atoms with Crippen LogP contribution in [0.4, 0.5) is 4.39 Å². The Balaban J connectivity index is 0.00000180. The standard InChI is InChI=1S/C14H22FN3.2ClH/c1-11(2)10-13(18-8-6-16-7-9-18)12-4-3-5-17-14(12)15;;/h3-5,11,13,16H,6-10H2,1-2H3;2*1H/t13-;;/m1../s1. The van der Waals surface area contributed by atoms with E-state index in [0.29, 0.717) is 5.92 Å². The van der Waals surface area contributed by atoms with E-state index in [0.717, 1.165) is 38.2 Å². The smallest absolute Gasteiger partial charge is 0.217 e. The topological polar surface area (TPSA) is 28.2 Å². The van der Waals surface area contributed by atoms with Gasteiger partial charge in [0.25, 0.3) is 0 Å². The Morgan fingerprint density at radius 3 is 2.50 bits per heavy atom. The monoisotopic (exact) mass is 323 g/mol. The number of nitrogens with zero attached hydrogens (tertiary/aromatic N) is 2. The van der Waals surface area contributed by atoms with Crippen molar-refractivity contribution in [3.8, 4) is 0 Å². The molecule has 0 bridgehead atoms. The number of halogens is 3. The molecule has 0 radical (unpaired) electrons. The van der Waals surface area contributed by atoms with Gasteiger partial charge in [0.2, 0.25) is 5.95 Å². The predicted octanol–water partition coefficient (Wildman–Crippen LogP) is 3.06. The maximum absolute atomic E-state index is 13.9. The van der Waals surface area contributed by atoms with Gasteiger partial charge in [0.05, 0.1) is 0 Å². The van der Waals surface area contributed by atoms with E-state index in [1.807, 2.05) is 12.1 Å². The Morgan fingerprint density at radius 1 is 1.30 bits per heavy atom. The second kappa shape index (κ2) is 9.50. The lowest BCUT2D eigenvalue weighted by Gasteiger charge is -2.36. The molecule has 1 aliphatic heterocycles. The van der Waals surface area contributed by atoms with Crippen molar-refractivity contribution in [2.75, 3.05) is 26.2 Å². The van der Waals surface area contributed by atoms with Crippen molar-refractivity contribution in [2.45, 2.75) is 26.3 Å². The summed E-state index contributed by atoms with van der Waals surface area (Å²) in [6, 6.07) is 3.85. The summed E-state index contributed by atoms with van der Waals surface area (Å²) in [6.07, 6.45) is 2.49. The average molecular weight is 324 g/mol. The molecule has 1 N–H and O–H groups in total. The molecule has 1 fully saturated rings. The van der Waals surface area contributed by atoms with Gasteiger partial charge in [-0.1, -0.05) is 19.9 Å². The fourth-order valence-electron chi connectivity index (χ4n) is 2.56. The fourth-order valence-corrected chi connectivity index (χ4v) is 2.56. The molecule has 0 saturated carbocycles. The second-order valence-electron chi connectivity index (χ2n) is 5.31. The van der Waals surface area contributed by atoms with E-state index in [-0.39, 0.29) is 36.8 Å². The molecule has 0 aliphatic carbocycles. The largest absolute Gasteiger partial charge is 0.314 e. The highest BCUT2D eigenvalue weighted by Gasteiger charge is 2.25. The van der Waals surface area contributed by atoms with Crippen LogP contribution >= 0.6 is 24.8 Å². The summed E-state index contributed by atoms with van der Waals surface area (Å²) in [5, 5.41) is 3.34. The van der Waals surface area contributed by atoms with Crippen molar-refractivity contribution in [3.05, 3.63) is 29.8 Å². The van der Waals surface area contributed by atoms with Crippen molar-refractivity contribution >= 4 is 24.8 Å². The quantitative estimate of drug-likeness (QED) is 0.863. The van der Waals surface area contributed by atoms with E-state index in [2.05, 4.69) is 29.0 Å². The molecule has 116 valence electrons. The zero-order chi connectivity index (χ0) is 13.0. The maximum Gasteiger partial charge on any atom is 0.217 e. The minimum Gasteiger partial charge on any atom is -0.314 e. The molecule has 0 aromatic carbocycles. The van der Waals surface area contributed by atoms with Gasteiger partial charge in [-0.2, -0.15) is 4.39 Å². The Labute approximate surface area is 133 Å². The number of hydrogen-bond donors (Lipinski definition) is 1. The molecule has 3 nitrogen and oxygen atoms in total. The minimum atomic E-state index is -0.318. The van der Waals surface area contributed by atoms with Gasteiger partial charge in [0.1, 0.15) is 0 Å². The van der Waals surface area contributed by atoms with Crippen LogP contribution in [0.3, 0.4) is 0 Å². The lowest BCUT2D eigenvalue weighted by molar-refractivity contribution is 0.150. The Morgan fingerprint density at radius 2 is 1.95 bits per heavy atom. The molecule has 1 atom stereocenters. The van der Waals surface area contributed by atoms with E-state index in [9.17, 15) is 4.39 Å². The Kier molecular flexibility index (Phi) is 9.30. The maximum atomic E-state index is 13.9. The van der Waals surface area contributed by atoms with E-state index in [1.165, 1.54) is 6.20 Å². The number of hydrogen-bond acceptors (Lipinski definition) is 3. The first-order valence-corrected chi connectivity index (χ1v) is 6.73. The molecular weight excluding hydrogens is 300 g/mol. The molecule has 0 unspecified atom stereocenters. The number of nitrogens with one attached hydrogen (secondary N) is 1. The molecule has 1 aromatic rings. The second-order valence-corrected chi connectivity index (χ2v) is 5.31. The third-order valence-electron chi connectivity index (χ3n) is 3.43. The molecule has 1 aliphatic rings. The molecule has 20 heavy (non-hydrogen) atoms. The molecule has 2 heterocycles. The molecule has 0 amide bonds. The molecule has 0 spiro atoms. The first kappa shape index (κ1) is 19.6. The van der Waals surface area contributed by atoms with Gasteiger partial charge in [-0.3, -0.25) is 4.90 Å². The normalized spacial score (nSPS) is 17.2. The van der Waals surface area contributed by atoms with Crippen molar-refractivity contribution in [1.82, 2.24) is 15.2 Å². The van der Waals surface area contributed by atoms with Crippen LogP contribution in [-0.2, 0) is 0 Å². The van der Waals surface area contributed by atoms with E-state index in [1.54, 1.807) is 0 Å². The van der Waals surface area contributed by atoms with Crippen molar-refractivity contribution in [3.63, 3.8) is 0 Å². The van der Waals surface area contributed by atoms with Gasteiger partial charge >= 0.3 is 0 Å². The van der Waals surface area contributed by atoms with Crippen LogP contribution in [0.5, 0.6) is 0 Å². The molecule has 1 aromatic heterocycles. The van der Waals surface area contributed by atoms with E-state index < -0.39 is 0 Å². The SMILES string of the molecule is CC(C)C[C@H](c1cccnc1F)N1CCNCC1.Cl.Cl. The third kappa shape index (κ3) is 5.17. The highest BCUT2D eigenvalue weighted by Crippen LogP contribution is 2.29. The summed E-state index contributed by atoms with van der Waals surface area (Å²) in [6.45, 7) is 8.29. The van der Waals surface area contributed by atoms with Crippen LogP contribution in [0.25, 0.3) is 0 Å². The van der Waals surface area contributed by atoms with Gasteiger partial charge in [0, 0.05) is 44.0 Å². The molecule has 1 saturated heterocycles. The molecular formula is C14H24Cl2FN3. The zero-order valence-electron chi connectivity index (χ0n) is 12.0. The average Bonchev–Trinajstić information content (AvgIpc) is 2.38. The fraction of sp³-hybridized carbons (Fsp3) is 0.643. The first-order valence-electron chi connectivity index (χ1n) is 6.73. The van der Waals surface area contributed by atoms with E-state index >= 15 is 0 Å². The van der Waals surface area contributed by atoms with Crippen LogP contribution in [-0.4, -0.2) is 36.1 Å². The van der Waals surface area contributed by atoms with Crippen LogP contribution < -0.4 is 5.32 Å². The minimum absolute atomic E-state index is 0. The molecule has 6 heteroatoms. The van der Waals surface area contributed by atoms with Crippen LogP contribution in [0.15, 0.2) is 18.3 Å². The summed E-state index contributed by atoms with van der Waals surface area (Å²) >= 11 is 0.